The van der Waals surface area contributed by atoms with Crippen molar-refractivity contribution in [3.05, 3.63) is 58.5 Å². The molecule has 2 rings (SSSR count). The van der Waals surface area contributed by atoms with Gasteiger partial charge >= 0.3 is 5.97 Å². The molecular formula is C22H28N4O4. The molecule has 0 radical (unpaired) electrons. The van der Waals surface area contributed by atoms with Gasteiger partial charge in [-0.1, -0.05) is 54.4 Å². The smallest absolute Gasteiger partial charge is 0.356 e. The summed E-state index contributed by atoms with van der Waals surface area (Å²) in [6, 6.07) is 13.9. The van der Waals surface area contributed by atoms with Gasteiger partial charge < -0.3 is 14.8 Å². The van der Waals surface area contributed by atoms with Gasteiger partial charge in [0, 0.05) is 17.9 Å². The molecule has 0 heterocycles. The van der Waals surface area contributed by atoms with Crippen molar-refractivity contribution in [2.75, 3.05) is 13.7 Å². The minimum absolute atomic E-state index is 0.272. The monoisotopic (exact) mass is 412 g/mol. The highest BCUT2D eigenvalue weighted by molar-refractivity contribution is 5.84. The van der Waals surface area contributed by atoms with Crippen LogP contribution in [0.4, 0.5) is 0 Å². The van der Waals surface area contributed by atoms with Crippen molar-refractivity contribution < 1.29 is 19.1 Å². The Kier molecular flexibility index (Phi) is 9.64. The first-order valence-corrected chi connectivity index (χ1v) is 10.1. The Morgan fingerprint density at radius 3 is 2.57 bits per heavy atom. The van der Waals surface area contributed by atoms with Crippen LogP contribution < -0.4 is 5.32 Å². The molecule has 0 aliphatic heterocycles. The fraction of sp³-hybridized carbons (Fsp3) is 0.455. The highest BCUT2D eigenvalue weighted by Crippen LogP contribution is 2.23. The molecule has 8 nitrogen and oxygen atoms in total. The molecule has 30 heavy (non-hydrogen) atoms. The van der Waals surface area contributed by atoms with Gasteiger partial charge in [-0.15, -0.1) is 0 Å². The number of unbranched alkanes of at least 4 members (excludes halogenated alkanes) is 3. The molecule has 1 N–H and O–H groups in total. The SMILES string of the molecule is COC(=O)[C@@H](NC(=O)CCCCCCN=[N+]=[N-])O[C@@H](C)c1ccc2ccccc2c1. The number of hydrogen-bond donors (Lipinski definition) is 1. The number of nitrogens with one attached hydrogen (secondary N) is 1. The van der Waals surface area contributed by atoms with Crippen LogP contribution in [0.25, 0.3) is 21.2 Å². The van der Waals surface area contributed by atoms with Crippen LogP contribution >= 0.6 is 0 Å². The molecule has 0 spiro atoms. The van der Waals surface area contributed by atoms with Crippen molar-refractivity contribution in [2.45, 2.75) is 51.4 Å². The van der Waals surface area contributed by atoms with Gasteiger partial charge in [0.1, 0.15) is 0 Å². The summed E-state index contributed by atoms with van der Waals surface area (Å²) in [5.41, 5.74) is 9.13. The van der Waals surface area contributed by atoms with Crippen molar-refractivity contribution in [2.24, 2.45) is 5.11 Å². The Labute approximate surface area is 176 Å². The average molecular weight is 412 g/mol. The fourth-order valence-corrected chi connectivity index (χ4v) is 3.08. The molecule has 0 aliphatic rings. The first-order valence-electron chi connectivity index (χ1n) is 10.1. The van der Waals surface area contributed by atoms with Gasteiger partial charge in [-0.2, -0.15) is 0 Å². The van der Waals surface area contributed by atoms with Gasteiger partial charge in [-0.3, -0.25) is 4.79 Å². The lowest BCUT2D eigenvalue weighted by atomic mass is 10.0. The molecule has 1 amide bonds. The number of nitrogens with zero attached hydrogens (tertiary/aromatic N) is 3. The van der Waals surface area contributed by atoms with Crippen molar-refractivity contribution in [1.82, 2.24) is 5.32 Å². The van der Waals surface area contributed by atoms with E-state index in [9.17, 15) is 9.59 Å². The lowest BCUT2D eigenvalue weighted by Gasteiger charge is -2.22. The zero-order valence-corrected chi connectivity index (χ0v) is 17.4. The molecule has 2 aromatic carbocycles. The van der Waals surface area contributed by atoms with Crippen molar-refractivity contribution in [3.63, 3.8) is 0 Å². The Balaban J connectivity index is 1.88. The lowest BCUT2D eigenvalue weighted by Crippen LogP contribution is -2.43. The van der Waals surface area contributed by atoms with Crippen LogP contribution in [0.3, 0.4) is 0 Å². The molecule has 0 fully saturated rings. The second-order valence-electron chi connectivity index (χ2n) is 6.97. The zero-order valence-electron chi connectivity index (χ0n) is 17.4. The molecule has 8 heteroatoms. The second-order valence-corrected chi connectivity index (χ2v) is 6.97. The number of amides is 1. The summed E-state index contributed by atoms with van der Waals surface area (Å²) in [4.78, 5) is 27.0. The standard InChI is InChI=1S/C22H28N4O4/c1-16(18-13-12-17-9-6-7-10-19(17)15-18)30-21(22(28)29-2)25-20(27)11-5-3-4-8-14-24-26-23/h6-7,9-10,12-13,15-16,21H,3-5,8,11,14H2,1-2H3,(H,25,27)/t16-,21-/m0/s1. The Hall–Kier alpha value is -3.09. The van der Waals surface area contributed by atoms with E-state index in [1.54, 1.807) is 0 Å². The predicted octanol–water partition coefficient (Wildman–Crippen LogP) is 4.79. The number of azide groups is 1. The van der Waals surface area contributed by atoms with E-state index in [1.807, 2.05) is 49.4 Å². The quantitative estimate of drug-likeness (QED) is 0.135. The van der Waals surface area contributed by atoms with E-state index >= 15 is 0 Å². The van der Waals surface area contributed by atoms with Crippen LogP contribution in [0, 0.1) is 0 Å². The number of esters is 1. The van der Waals surface area contributed by atoms with Crippen molar-refractivity contribution in [3.8, 4) is 0 Å². The average Bonchev–Trinajstić information content (AvgIpc) is 2.77. The number of rotatable bonds is 12. The molecule has 2 atom stereocenters. The molecular weight excluding hydrogens is 384 g/mol. The molecule has 0 bridgehead atoms. The Morgan fingerprint density at radius 1 is 1.10 bits per heavy atom. The van der Waals surface area contributed by atoms with E-state index in [2.05, 4.69) is 15.3 Å². The molecule has 160 valence electrons. The number of hydrogen-bond acceptors (Lipinski definition) is 5. The third-order valence-corrected chi connectivity index (χ3v) is 4.77. The van der Waals surface area contributed by atoms with E-state index in [1.165, 1.54) is 7.11 Å². The number of carbonyl (C=O) groups excluding carboxylic acids is 2. The van der Waals surface area contributed by atoms with Gasteiger partial charge in [0.15, 0.2) is 0 Å². The maximum atomic E-state index is 12.2. The molecule has 0 saturated heterocycles. The van der Waals surface area contributed by atoms with Gasteiger partial charge in [-0.05, 0) is 47.7 Å². The normalized spacial score (nSPS) is 12.6. The zero-order chi connectivity index (χ0) is 21.8. The van der Waals surface area contributed by atoms with Crippen LogP contribution in [-0.2, 0) is 19.1 Å². The summed E-state index contributed by atoms with van der Waals surface area (Å²) < 4.78 is 10.6. The number of carbonyl (C=O) groups is 2. The van der Waals surface area contributed by atoms with Crippen molar-refractivity contribution in [1.29, 1.82) is 0 Å². The van der Waals surface area contributed by atoms with Crippen LogP contribution in [0.15, 0.2) is 47.6 Å². The molecule has 2 aromatic rings. The fourth-order valence-electron chi connectivity index (χ4n) is 3.08. The molecule has 0 aliphatic carbocycles. The number of benzene rings is 2. The first-order chi connectivity index (χ1) is 14.5. The van der Waals surface area contributed by atoms with E-state index in [-0.39, 0.29) is 12.3 Å². The molecule has 0 unspecified atom stereocenters. The van der Waals surface area contributed by atoms with E-state index in [4.69, 9.17) is 15.0 Å². The lowest BCUT2D eigenvalue weighted by molar-refractivity contribution is -0.163. The maximum absolute atomic E-state index is 12.2. The van der Waals surface area contributed by atoms with Gasteiger partial charge in [0.2, 0.25) is 12.1 Å². The topological polar surface area (TPSA) is 113 Å². The highest BCUT2D eigenvalue weighted by Gasteiger charge is 2.25. The molecule has 0 saturated carbocycles. The summed E-state index contributed by atoms with van der Waals surface area (Å²) >= 11 is 0. The van der Waals surface area contributed by atoms with Crippen molar-refractivity contribution >= 4 is 22.6 Å². The largest absolute Gasteiger partial charge is 0.466 e. The van der Waals surface area contributed by atoms with Crippen LogP contribution in [-0.4, -0.2) is 31.8 Å². The van der Waals surface area contributed by atoms with Gasteiger partial charge in [0.05, 0.1) is 13.2 Å². The van der Waals surface area contributed by atoms with E-state index in [0.717, 1.165) is 35.6 Å². The van der Waals surface area contributed by atoms with E-state index < -0.39 is 18.3 Å². The summed E-state index contributed by atoms with van der Waals surface area (Å²) in [6.07, 6.45) is 1.88. The Morgan fingerprint density at radius 2 is 1.83 bits per heavy atom. The highest BCUT2D eigenvalue weighted by atomic mass is 16.6. The minimum Gasteiger partial charge on any atom is -0.466 e. The number of methoxy groups -OCH3 is 1. The summed E-state index contributed by atoms with van der Waals surface area (Å²) in [6.45, 7) is 2.30. The van der Waals surface area contributed by atoms with Gasteiger partial charge in [0.25, 0.3) is 0 Å². The summed E-state index contributed by atoms with van der Waals surface area (Å²) in [7, 11) is 1.26. The van der Waals surface area contributed by atoms with Crippen LogP contribution in [0.5, 0.6) is 0 Å². The third kappa shape index (κ3) is 7.39. The van der Waals surface area contributed by atoms with Crippen LogP contribution in [0.1, 0.15) is 50.7 Å². The molecule has 0 aromatic heterocycles. The minimum atomic E-state index is -1.17. The van der Waals surface area contributed by atoms with Gasteiger partial charge in [-0.25, -0.2) is 4.79 Å². The maximum Gasteiger partial charge on any atom is 0.356 e. The third-order valence-electron chi connectivity index (χ3n) is 4.77. The Bertz CT molecular complexity index is 896. The van der Waals surface area contributed by atoms with Crippen LogP contribution in [0.2, 0.25) is 0 Å². The summed E-state index contributed by atoms with van der Waals surface area (Å²) in [5, 5.41) is 8.28. The van der Waals surface area contributed by atoms with E-state index in [0.29, 0.717) is 13.0 Å². The first kappa shape index (κ1) is 23.2. The number of ether oxygens (including phenoxy) is 2. The second kappa shape index (κ2) is 12.5. The summed E-state index contributed by atoms with van der Waals surface area (Å²) in [5.74, 6) is -0.920. The predicted molar refractivity (Wildman–Crippen MR) is 114 cm³/mol. The number of fused-ring (bicyclic) bond motifs is 1.